The summed E-state index contributed by atoms with van der Waals surface area (Å²) >= 11 is 0. The maximum Gasteiger partial charge on any atom is 0.416 e. The number of pyridine rings is 2. The number of anilines is 1. The van der Waals surface area contributed by atoms with Crippen LogP contribution in [-0.2, 0) is 37.5 Å². The van der Waals surface area contributed by atoms with Crippen LogP contribution in [0.4, 0.5) is 18.9 Å². The molecule has 4 aromatic carbocycles. The number of rotatable bonds is 10. The van der Waals surface area contributed by atoms with Crippen LogP contribution in [0.15, 0.2) is 132 Å². The Hall–Kier alpha value is -5.58. The molecule has 0 bridgehead atoms. The van der Waals surface area contributed by atoms with E-state index < -0.39 is 43.8 Å². The molecular weight excluding hydrogens is 756 g/mol. The molecule has 1 unspecified atom stereocenters. The third-order valence-corrected chi connectivity index (χ3v) is 12.6. The largest absolute Gasteiger partial charge is 0.416 e. The number of carbonyl (C=O) groups is 1. The summed E-state index contributed by atoms with van der Waals surface area (Å²) in [4.78, 5) is 25.8. The number of hydrogen-bond acceptors (Lipinski definition) is 9. The highest BCUT2D eigenvalue weighted by Gasteiger charge is 2.38. The van der Waals surface area contributed by atoms with Crippen molar-refractivity contribution in [2.75, 3.05) is 38.1 Å². The van der Waals surface area contributed by atoms with Gasteiger partial charge in [-0.25, -0.2) is 18.4 Å². The average molecular weight is 790 g/mol. The number of nitrogens with zero attached hydrogens (tertiary/aromatic N) is 5. The normalized spacial score (nSPS) is 14.7. The van der Waals surface area contributed by atoms with Gasteiger partial charge in [-0.3, -0.25) is 4.79 Å². The van der Waals surface area contributed by atoms with Gasteiger partial charge in [0.2, 0.25) is 10.9 Å². The van der Waals surface area contributed by atoms with Crippen molar-refractivity contribution in [2.24, 2.45) is 0 Å². The molecule has 0 radical (unpaired) electrons. The number of alkyl halides is 3. The molecule has 0 aliphatic carbocycles. The van der Waals surface area contributed by atoms with Gasteiger partial charge in [-0.05, 0) is 65.2 Å². The number of benzene rings is 4. The zero-order chi connectivity index (χ0) is 39.0. The Morgan fingerprint density at radius 3 is 1.96 bits per heavy atom. The number of sulfonamides is 1. The topological polar surface area (TPSA) is 130 Å². The molecule has 1 fully saturated rings. The molecule has 0 N–H and O–H groups in total. The molecule has 7 rings (SSSR count). The smallest absolute Gasteiger partial charge is 0.378 e. The van der Waals surface area contributed by atoms with Crippen LogP contribution in [0.3, 0.4) is 0 Å². The first-order chi connectivity index (χ1) is 26.2. The highest BCUT2D eigenvalue weighted by atomic mass is 32.2. The fourth-order valence-corrected chi connectivity index (χ4v) is 9.13. The van der Waals surface area contributed by atoms with Crippen LogP contribution >= 0.6 is 0 Å². The summed E-state index contributed by atoms with van der Waals surface area (Å²) in [5.74, 6) is -0.534. The second kappa shape index (κ2) is 14.9. The zero-order valence-electron chi connectivity index (χ0n) is 29.3. The summed E-state index contributed by atoms with van der Waals surface area (Å²) in [6.45, 7) is 0.679. The van der Waals surface area contributed by atoms with Gasteiger partial charge in [0.1, 0.15) is 11.8 Å². The maximum absolute atomic E-state index is 14.4. The van der Waals surface area contributed by atoms with Gasteiger partial charge >= 0.3 is 16.3 Å². The quantitative estimate of drug-likeness (QED) is 0.150. The molecule has 1 aliphatic rings. The Morgan fingerprint density at radius 2 is 1.35 bits per heavy atom. The molecule has 0 saturated carbocycles. The molecule has 11 nitrogen and oxygen atoms in total. The molecule has 1 atom stereocenters. The molecule has 3 heterocycles. The fourth-order valence-electron chi connectivity index (χ4n) is 6.61. The summed E-state index contributed by atoms with van der Waals surface area (Å²) in [5.41, 5.74) is 0.0827. The summed E-state index contributed by atoms with van der Waals surface area (Å²) in [6.07, 6.45) is -1.86. The second-order valence-corrected chi connectivity index (χ2v) is 16.3. The van der Waals surface area contributed by atoms with Crippen LogP contribution in [0.1, 0.15) is 11.1 Å². The Bertz CT molecular complexity index is 2590. The third-order valence-electron chi connectivity index (χ3n) is 9.55. The first-order valence-corrected chi connectivity index (χ1v) is 20.0. The minimum atomic E-state index is -4.51. The molecule has 55 heavy (non-hydrogen) atoms. The summed E-state index contributed by atoms with van der Waals surface area (Å²) in [5, 5.41) is 1.60. The molecule has 1 amide bonds. The first kappa shape index (κ1) is 37.7. The Morgan fingerprint density at radius 1 is 0.764 bits per heavy atom. The van der Waals surface area contributed by atoms with Crippen molar-refractivity contribution in [3.05, 3.63) is 133 Å². The molecule has 284 valence electrons. The zero-order valence-corrected chi connectivity index (χ0v) is 30.9. The van der Waals surface area contributed by atoms with Gasteiger partial charge in [0, 0.05) is 62.1 Å². The lowest BCUT2D eigenvalue weighted by atomic mass is 10.0. The predicted molar refractivity (Wildman–Crippen MR) is 200 cm³/mol. The average Bonchev–Trinajstić information content (AvgIpc) is 3.19. The van der Waals surface area contributed by atoms with Crippen molar-refractivity contribution in [3.63, 3.8) is 0 Å². The predicted octanol–water partition coefficient (Wildman–Crippen LogP) is 6.15. The molecule has 2 aromatic heterocycles. The molecule has 0 spiro atoms. The van der Waals surface area contributed by atoms with Crippen molar-refractivity contribution in [1.29, 1.82) is 0 Å². The summed E-state index contributed by atoms with van der Waals surface area (Å²) in [7, 11) is -7.41. The van der Waals surface area contributed by atoms with E-state index in [0.29, 0.717) is 32.8 Å². The van der Waals surface area contributed by atoms with Crippen LogP contribution in [0.2, 0.25) is 0 Å². The van der Waals surface area contributed by atoms with Crippen LogP contribution < -0.4 is 9.08 Å². The number of amides is 1. The first-order valence-electron chi connectivity index (χ1n) is 17.1. The van der Waals surface area contributed by atoms with Crippen molar-refractivity contribution in [2.45, 2.75) is 28.7 Å². The van der Waals surface area contributed by atoms with Gasteiger partial charge in [0.15, 0.2) is 5.03 Å². The van der Waals surface area contributed by atoms with Crippen LogP contribution in [0.25, 0.3) is 21.5 Å². The van der Waals surface area contributed by atoms with Gasteiger partial charge in [-0.1, -0.05) is 66.7 Å². The van der Waals surface area contributed by atoms with E-state index in [0.717, 1.165) is 16.4 Å². The number of halogens is 3. The van der Waals surface area contributed by atoms with Crippen LogP contribution in [0.5, 0.6) is 5.75 Å². The number of fused-ring (bicyclic) bond motifs is 2. The minimum absolute atomic E-state index is 0.0204. The van der Waals surface area contributed by atoms with Crippen LogP contribution in [-0.4, -0.2) is 81.2 Å². The third kappa shape index (κ3) is 7.83. The van der Waals surface area contributed by atoms with Gasteiger partial charge in [-0.15, -0.1) is 0 Å². The fraction of sp³-hybridized carbons (Fsp3) is 0.205. The van der Waals surface area contributed by atoms with E-state index in [2.05, 4.69) is 9.97 Å². The number of aromatic nitrogens is 2. The van der Waals surface area contributed by atoms with E-state index in [-0.39, 0.29) is 48.4 Å². The lowest BCUT2D eigenvalue weighted by Gasteiger charge is -2.39. The van der Waals surface area contributed by atoms with Crippen molar-refractivity contribution >= 4 is 53.3 Å². The van der Waals surface area contributed by atoms with Gasteiger partial charge in [-0.2, -0.15) is 25.9 Å². The SMILES string of the molecule is CN(C(Cc1ccc(OS(=O)(=O)c2nccc3ccccc23)cc1)C(=O)N1CCN(c2cccc(C(F)(F)F)c2)CC1)S(=O)(=O)c1nccc2ccccc12. The highest BCUT2D eigenvalue weighted by Crippen LogP contribution is 2.33. The van der Waals surface area contributed by atoms with Gasteiger partial charge in [0.05, 0.1) is 5.56 Å². The number of hydrogen-bond donors (Lipinski definition) is 0. The summed E-state index contributed by atoms with van der Waals surface area (Å²) < 4.78 is 102. The van der Waals surface area contributed by atoms with Crippen molar-refractivity contribution in [1.82, 2.24) is 19.2 Å². The molecule has 6 aromatic rings. The lowest BCUT2D eigenvalue weighted by molar-refractivity contribution is -0.137. The lowest BCUT2D eigenvalue weighted by Crippen LogP contribution is -2.56. The van der Waals surface area contributed by atoms with Gasteiger partial charge < -0.3 is 14.0 Å². The van der Waals surface area contributed by atoms with E-state index in [1.807, 2.05) is 0 Å². The standard InChI is InChI=1S/C39H34F3N5O6S2/c1-45(54(49,50)36-33-11-4-2-7-28(33)17-19-43-36)35(38(48)47-23-21-46(22-24-47)31-10-6-9-30(26-31)39(40,41)42)25-27-13-15-32(16-14-27)53-55(51,52)37-34-12-5-3-8-29(34)18-20-44-37/h2-20,26,35H,21-25H2,1H3. The number of carbonyl (C=O) groups excluding carboxylic acids is 1. The number of piperazine rings is 1. The van der Waals surface area contributed by atoms with E-state index >= 15 is 0 Å². The molecule has 16 heteroatoms. The molecular formula is C39H34F3N5O6S2. The monoisotopic (exact) mass is 789 g/mol. The Kier molecular flexibility index (Phi) is 10.2. The number of likely N-dealkylation sites (N-methyl/N-ethyl adjacent to an activating group) is 1. The Labute approximate surface area is 315 Å². The minimum Gasteiger partial charge on any atom is -0.378 e. The van der Waals surface area contributed by atoms with E-state index in [4.69, 9.17) is 4.18 Å². The van der Waals surface area contributed by atoms with E-state index in [9.17, 15) is 34.8 Å². The maximum atomic E-state index is 14.4. The summed E-state index contributed by atoms with van der Waals surface area (Å²) in [6, 6.07) is 26.7. The van der Waals surface area contributed by atoms with Crippen molar-refractivity contribution in [3.8, 4) is 5.75 Å². The highest BCUT2D eigenvalue weighted by molar-refractivity contribution is 7.89. The molecule has 1 saturated heterocycles. The second-order valence-electron chi connectivity index (χ2n) is 13.0. The van der Waals surface area contributed by atoms with Gasteiger partial charge in [0.25, 0.3) is 10.0 Å². The van der Waals surface area contributed by atoms with E-state index in [1.165, 1.54) is 42.5 Å². The molecule has 1 aliphatic heterocycles. The van der Waals surface area contributed by atoms with Crippen LogP contribution in [0, 0.1) is 0 Å². The Balaban J connectivity index is 1.15. The van der Waals surface area contributed by atoms with E-state index in [1.54, 1.807) is 83.8 Å². The van der Waals surface area contributed by atoms with Crippen molar-refractivity contribution < 1.29 is 39.0 Å².